The second-order valence-electron chi connectivity index (χ2n) is 8.13. The van der Waals surface area contributed by atoms with Crippen molar-refractivity contribution in [3.05, 3.63) is 70.2 Å². The molecule has 0 saturated carbocycles. The van der Waals surface area contributed by atoms with E-state index >= 15 is 0 Å². The second-order valence-corrected chi connectivity index (χ2v) is 9.36. The Balaban J connectivity index is 1.67. The van der Waals surface area contributed by atoms with Crippen molar-refractivity contribution in [2.24, 2.45) is 0 Å². The van der Waals surface area contributed by atoms with Gasteiger partial charge in [-0.1, -0.05) is 26.0 Å². The fourth-order valence-electron chi connectivity index (χ4n) is 4.03. The van der Waals surface area contributed by atoms with Crippen molar-refractivity contribution in [2.45, 2.75) is 20.8 Å². The lowest BCUT2D eigenvalue weighted by Crippen LogP contribution is -2.30. The molecule has 0 aliphatic rings. The monoisotopic (exact) mass is 470 g/mol. The molecule has 8 heteroatoms. The van der Waals surface area contributed by atoms with Gasteiger partial charge in [-0.2, -0.15) is 0 Å². The predicted octanol–water partition coefficient (Wildman–Crippen LogP) is 5.28. The number of nitrogens with zero attached hydrogens (tertiary/aromatic N) is 4. The summed E-state index contributed by atoms with van der Waals surface area (Å²) in [6.45, 7) is 8.62. The minimum atomic E-state index is -0.178. The SMILES string of the molecule is CCN(CC)CNc1cc2cc(-c3ccc4ncccc4c3)c(-c3cnc(C)s3)nc2[nH]c1=O. The third kappa shape index (κ3) is 4.30. The number of aryl methyl sites for hydroxylation is 1. The van der Waals surface area contributed by atoms with Crippen LogP contribution in [-0.2, 0) is 0 Å². The maximum atomic E-state index is 12.8. The molecule has 0 amide bonds. The molecule has 0 radical (unpaired) electrons. The van der Waals surface area contributed by atoms with Crippen molar-refractivity contribution >= 4 is 39.0 Å². The Bertz CT molecular complexity index is 1540. The zero-order valence-corrected chi connectivity index (χ0v) is 20.2. The van der Waals surface area contributed by atoms with Crippen LogP contribution in [0, 0.1) is 6.92 Å². The van der Waals surface area contributed by atoms with E-state index in [0.717, 1.165) is 56.1 Å². The zero-order valence-electron chi connectivity index (χ0n) is 19.4. The number of fused-ring (bicyclic) bond motifs is 2. The van der Waals surface area contributed by atoms with Crippen molar-refractivity contribution in [2.75, 3.05) is 25.1 Å². The normalized spacial score (nSPS) is 11.5. The summed E-state index contributed by atoms with van der Waals surface area (Å²) in [5.74, 6) is 0. The molecule has 172 valence electrons. The van der Waals surface area contributed by atoms with Crippen LogP contribution in [0.15, 0.2) is 59.7 Å². The first-order valence-corrected chi connectivity index (χ1v) is 12.2. The quantitative estimate of drug-likeness (QED) is 0.315. The second kappa shape index (κ2) is 9.32. The van der Waals surface area contributed by atoms with Gasteiger partial charge in [-0.15, -0.1) is 11.3 Å². The molecule has 5 rings (SSSR count). The van der Waals surface area contributed by atoms with Crippen LogP contribution in [0.4, 0.5) is 5.69 Å². The highest BCUT2D eigenvalue weighted by molar-refractivity contribution is 7.15. The molecule has 34 heavy (non-hydrogen) atoms. The van der Waals surface area contributed by atoms with Crippen molar-refractivity contribution < 1.29 is 0 Å². The minimum Gasteiger partial charge on any atom is -0.368 e. The fourth-order valence-corrected chi connectivity index (χ4v) is 4.81. The number of aromatic nitrogens is 4. The number of nitrogens with one attached hydrogen (secondary N) is 2. The van der Waals surface area contributed by atoms with E-state index in [2.05, 4.69) is 63.3 Å². The van der Waals surface area contributed by atoms with Gasteiger partial charge in [0, 0.05) is 28.7 Å². The van der Waals surface area contributed by atoms with Crippen molar-refractivity contribution in [3.8, 4) is 21.7 Å². The molecular formula is C26H26N6OS. The molecule has 0 bridgehead atoms. The summed E-state index contributed by atoms with van der Waals surface area (Å²) in [5, 5.41) is 6.18. The van der Waals surface area contributed by atoms with Crippen LogP contribution in [0.1, 0.15) is 18.9 Å². The van der Waals surface area contributed by atoms with E-state index in [1.807, 2.05) is 31.3 Å². The molecule has 7 nitrogen and oxygen atoms in total. The average molecular weight is 471 g/mol. The van der Waals surface area contributed by atoms with Gasteiger partial charge in [0.1, 0.15) is 11.3 Å². The molecule has 4 aromatic heterocycles. The van der Waals surface area contributed by atoms with E-state index < -0.39 is 0 Å². The molecule has 1 aromatic carbocycles. The Morgan fingerprint density at radius 3 is 2.68 bits per heavy atom. The standard InChI is InChI=1S/C26H26N6OS/c1-4-32(5-2)15-29-22-13-19-12-20(17-8-9-21-18(11-17)7-6-10-27-21)24(23-14-28-16(3)34-23)30-25(19)31-26(22)33/h6-14,29H,4-5,15H2,1-3H3,(H,30,31,33). The summed E-state index contributed by atoms with van der Waals surface area (Å²) >= 11 is 1.59. The van der Waals surface area contributed by atoms with E-state index in [-0.39, 0.29) is 5.56 Å². The molecule has 0 unspecified atom stereocenters. The number of thiazole rings is 1. The third-order valence-electron chi connectivity index (χ3n) is 5.98. The lowest BCUT2D eigenvalue weighted by Gasteiger charge is -2.19. The predicted molar refractivity (Wildman–Crippen MR) is 140 cm³/mol. The number of pyridine rings is 3. The summed E-state index contributed by atoms with van der Waals surface area (Å²) in [6, 6.07) is 14.2. The largest absolute Gasteiger partial charge is 0.368 e. The molecular weight excluding hydrogens is 444 g/mol. The molecule has 2 N–H and O–H groups in total. The van der Waals surface area contributed by atoms with E-state index in [0.29, 0.717) is 18.0 Å². The van der Waals surface area contributed by atoms with Gasteiger partial charge in [0.2, 0.25) is 0 Å². The molecule has 0 saturated heterocycles. The van der Waals surface area contributed by atoms with Gasteiger partial charge in [0.05, 0.1) is 27.8 Å². The van der Waals surface area contributed by atoms with Gasteiger partial charge in [-0.3, -0.25) is 14.7 Å². The van der Waals surface area contributed by atoms with Crippen molar-refractivity contribution in [3.63, 3.8) is 0 Å². The summed E-state index contributed by atoms with van der Waals surface area (Å²) in [6.07, 6.45) is 3.65. The number of aromatic amines is 1. The summed E-state index contributed by atoms with van der Waals surface area (Å²) in [5.41, 5.74) is 4.71. The van der Waals surface area contributed by atoms with Gasteiger partial charge in [0.25, 0.3) is 5.56 Å². The highest BCUT2D eigenvalue weighted by atomic mass is 32.1. The zero-order chi connectivity index (χ0) is 23.7. The maximum Gasteiger partial charge on any atom is 0.272 e. The van der Waals surface area contributed by atoms with Gasteiger partial charge in [-0.05, 0) is 55.9 Å². The minimum absolute atomic E-state index is 0.178. The van der Waals surface area contributed by atoms with Gasteiger partial charge in [-0.25, -0.2) is 9.97 Å². The van der Waals surface area contributed by atoms with E-state index in [1.165, 1.54) is 0 Å². The van der Waals surface area contributed by atoms with Crippen LogP contribution < -0.4 is 10.9 Å². The summed E-state index contributed by atoms with van der Waals surface area (Å²) in [7, 11) is 0. The first kappa shape index (κ1) is 22.2. The smallest absolute Gasteiger partial charge is 0.272 e. The van der Waals surface area contributed by atoms with Crippen LogP contribution in [0.3, 0.4) is 0 Å². The fraction of sp³-hybridized carbons (Fsp3) is 0.231. The van der Waals surface area contributed by atoms with Crippen molar-refractivity contribution in [1.29, 1.82) is 0 Å². The topological polar surface area (TPSA) is 86.8 Å². The Hall–Kier alpha value is -3.62. The number of benzene rings is 1. The van der Waals surface area contributed by atoms with Crippen LogP contribution in [-0.4, -0.2) is 44.6 Å². The van der Waals surface area contributed by atoms with E-state index in [9.17, 15) is 4.79 Å². The molecule has 0 aliphatic heterocycles. The van der Waals surface area contributed by atoms with Crippen LogP contribution in [0.25, 0.3) is 43.6 Å². The highest BCUT2D eigenvalue weighted by Gasteiger charge is 2.16. The Labute approximate surface area is 201 Å². The highest BCUT2D eigenvalue weighted by Crippen LogP contribution is 2.36. The van der Waals surface area contributed by atoms with Crippen molar-refractivity contribution in [1.82, 2.24) is 24.8 Å². The molecule has 4 heterocycles. The maximum absolute atomic E-state index is 12.8. The Kier molecular flexibility index (Phi) is 6.08. The number of H-pyrrole nitrogens is 1. The molecule has 0 atom stereocenters. The number of anilines is 1. The molecule has 5 aromatic rings. The lowest BCUT2D eigenvalue weighted by molar-refractivity contribution is 0.326. The number of hydrogen-bond acceptors (Lipinski definition) is 7. The average Bonchev–Trinajstić information content (AvgIpc) is 3.30. The van der Waals surface area contributed by atoms with Crippen LogP contribution in [0.2, 0.25) is 0 Å². The number of rotatable bonds is 7. The van der Waals surface area contributed by atoms with E-state index in [1.54, 1.807) is 17.5 Å². The summed E-state index contributed by atoms with van der Waals surface area (Å²) in [4.78, 5) is 32.7. The van der Waals surface area contributed by atoms with Crippen LogP contribution >= 0.6 is 11.3 Å². The lowest BCUT2D eigenvalue weighted by atomic mass is 10.00. The Morgan fingerprint density at radius 2 is 1.91 bits per heavy atom. The first-order chi connectivity index (χ1) is 16.6. The molecule has 0 fully saturated rings. The van der Waals surface area contributed by atoms with Crippen LogP contribution in [0.5, 0.6) is 0 Å². The van der Waals surface area contributed by atoms with Gasteiger partial charge < -0.3 is 10.3 Å². The Morgan fingerprint density at radius 1 is 1.06 bits per heavy atom. The summed E-state index contributed by atoms with van der Waals surface area (Å²) < 4.78 is 0. The number of hydrogen-bond donors (Lipinski definition) is 2. The third-order valence-corrected chi connectivity index (χ3v) is 6.90. The van der Waals surface area contributed by atoms with Gasteiger partial charge >= 0.3 is 0 Å². The molecule has 0 spiro atoms. The van der Waals surface area contributed by atoms with E-state index in [4.69, 9.17) is 4.98 Å². The molecule has 0 aliphatic carbocycles. The van der Waals surface area contributed by atoms with Gasteiger partial charge in [0.15, 0.2) is 0 Å². The first-order valence-electron chi connectivity index (χ1n) is 11.4.